The average Bonchev–Trinajstić information content (AvgIpc) is 3.75. The van der Waals surface area contributed by atoms with E-state index in [2.05, 4.69) is 15.5 Å². The quantitative estimate of drug-likeness (QED) is 0.0657. The first kappa shape index (κ1) is 37.2. The van der Waals surface area contributed by atoms with Gasteiger partial charge >= 0.3 is 11.9 Å². The Morgan fingerprint density at radius 3 is 2.38 bits per heavy atom. The van der Waals surface area contributed by atoms with Gasteiger partial charge in [0.05, 0.1) is 25.2 Å². The van der Waals surface area contributed by atoms with E-state index >= 15 is 0 Å². The molecule has 52 heavy (non-hydrogen) atoms. The topological polar surface area (TPSA) is 245 Å². The number of hydrogen-bond donors (Lipinski definition) is 6. The molecular weight excluding hydrogens is 742 g/mol. The summed E-state index contributed by atoms with van der Waals surface area (Å²) in [6.07, 6.45) is 0. The van der Waals surface area contributed by atoms with Gasteiger partial charge in [0.25, 0.3) is 17.7 Å². The monoisotopic (exact) mass is 778 g/mol. The number of carboxylic acids is 2. The number of nitrogens with two attached hydrogens (primary N) is 1. The highest BCUT2D eigenvalue weighted by Crippen LogP contribution is 2.46. The minimum Gasteiger partial charge on any atom is -0.504 e. The fraction of sp³-hybridized carbons (Fsp3) is 0.469. The summed E-state index contributed by atoms with van der Waals surface area (Å²) in [5, 5.41) is 46.2. The van der Waals surface area contributed by atoms with E-state index in [0.717, 1.165) is 11.3 Å². The molecule has 1 aromatic carbocycles. The van der Waals surface area contributed by atoms with E-state index in [9.17, 15) is 44.4 Å². The predicted octanol–water partition coefficient (Wildman–Crippen LogP) is 1.35. The van der Waals surface area contributed by atoms with Gasteiger partial charge in [-0.05, 0) is 32.9 Å². The van der Waals surface area contributed by atoms with Crippen LogP contribution in [-0.2, 0) is 24.0 Å². The van der Waals surface area contributed by atoms with E-state index in [4.69, 9.17) is 22.2 Å². The Bertz CT molecular complexity index is 1910. The molecule has 3 saturated heterocycles. The van der Waals surface area contributed by atoms with Crippen LogP contribution in [0.3, 0.4) is 0 Å². The Balaban J connectivity index is 1.16. The minimum atomic E-state index is -1.79. The molecule has 1 aromatic heterocycles. The zero-order valence-corrected chi connectivity index (χ0v) is 30.8. The number of rotatable bonds is 10. The Kier molecular flexibility index (Phi) is 9.60. The SMILES string of the molecule is C[C@@H]1S[C@@H]2[C@H](NC(=O)/C(=N\OC(C)(C)C(=O)O)c3csc(N)n3)C(=O)N2C(C(=O)O)=C1C[N+]1(C)C[C@H]2CN(C(=O)c3cc(O)c(O)c(Cl)c3)C[C@H]2C1. The van der Waals surface area contributed by atoms with Crippen molar-refractivity contribution in [3.8, 4) is 11.5 Å². The van der Waals surface area contributed by atoms with E-state index in [1.165, 1.54) is 48.0 Å². The maximum absolute atomic E-state index is 13.6. The number of nitrogen functional groups attached to an aromatic ring is 1. The van der Waals surface area contributed by atoms with Gasteiger partial charge in [0.1, 0.15) is 29.4 Å². The maximum atomic E-state index is 13.6. The van der Waals surface area contributed by atoms with Crippen LogP contribution in [0.5, 0.6) is 11.5 Å². The molecule has 4 aliphatic rings. The second-order valence-electron chi connectivity index (χ2n) is 14.1. The number of aliphatic carboxylic acids is 2. The molecule has 4 aliphatic heterocycles. The molecule has 0 spiro atoms. The molecule has 1 unspecified atom stereocenters. The standard InChI is InChI=1S/C32H36ClN7O10S2/c1-13-17(11-40(4)9-15-7-38(8-16(15)10-40)26(44)14-5-18(33)24(42)20(41)6-14)23(29(46)47)39-27(45)22(28(39)52-13)36-25(43)21(19-12-51-31(34)35-19)37-50-32(2,3)30(48)49/h5-6,12-13,15-16,22,28H,7-11H2,1-4H3,(H6-,34,35,36,37,41,42,43,44,46,47,48,49)/p+1/t13-,15-,16+,22+,28+,40?/m0/s1. The number of nitrogens with zero attached hydrogens (tertiary/aromatic N) is 5. The van der Waals surface area contributed by atoms with Crippen LogP contribution in [0.4, 0.5) is 5.13 Å². The fourth-order valence-corrected chi connectivity index (χ4v) is 9.43. The minimum absolute atomic E-state index is 0.00627. The van der Waals surface area contributed by atoms with Gasteiger partial charge in [-0.2, -0.15) is 0 Å². The van der Waals surface area contributed by atoms with Gasteiger partial charge in [0, 0.05) is 46.7 Å². The number of halogens is 1. The number of phenolic OH excluding ortho intramolecular Hbond substituents is 2. The van der Waals surface area contributed by atoms with E-state index in [0.29, 0.717) is 42.8 Å². The van der Waals surface area contributed by atoms with Crippen LogP contribution in [0.1, 0.15) is 36.8 Å². The van der Waals surface area contributed by atoms with Crippen molar-refractivity contribution >= 4 is 75.2 Å². The number of carboxylic acid groups (broad SMARTS) is 2. The molecule has 2 aromatic rings. The largest absolute Gasteiger partial charge is 0.504 e. The average molecular weight is 779 g/mol. The van der Waals surface area contributed by atoms with Gasteiger partial charge in [-0.15, -0.1) is 23.1 Å². The highest BCUT2D eigenvalue weighted by Gasteiger charge is 2.57. The van der Waals surface area contributed by atoms with Crippen molar-refractivity contribution in [3.63, 3.8) is 0 Å². The second kappa shape index (κ2) is 13.4. The maximum Gasteiger partial charge on any atom is 0.352 e. The number of β-lactam (4-membered cyclic amide) rings is 1. The summed E-state index contributed by atoms with van der Waals surface area (Å²) in [5.41, 5.74) is 4.17. The first-order valence-electron chi connectivity index (χ1n) is 16.1. The third-order valence-electron chi connectivity index (χ3n) is 9.83. The summed E-state index contributed by atoms with van der Waals surface area (Å²) in [6, 6.07) is 1.38. The van der Waals surface area contributed by atoms with Gasteiger partial charge in [-0.1, -0.05) is 16.8 Å². The number of anilines is 1. The summed E-state index contributed by atoms with van der Waals surface area (Å²) >= 11 is 8.32. The number of amides is 3. The lowest BCUT2D eigenvalue weighted by molar-refractivity contribution is -0.896. The number of aromatic hydroxyl groups is 2. The van der Waals surface area contributed by atoms with Gasteiger partial charge < -0.3 is 45.7 Å². The van der Waals surface area contributed by atoms with E-state index in [-0.39, 0.29) is 50.1 Å². The number of thioether (sulfide) groups is 1. The Labute approximate surface area is 310 Å². The molecule has 6 atom stereocenters. The van der Waals surface area contributed by atoms with Crippen molar-refractivity contribution in [2.24, 2.45) is 17.0 Å². The molecule has 0 radical (unpaired) electrons. The van der Waals surface area contributed by atoms with Crippen LogP contribution < -0.4 is 11.1 Å². The van der Waals surface area contributed by atoms with Gasteiger partial charge in [0.15, 0.2) is 22.3 Å². The number of likely N-dealkylation sites (tertiary alicyclic amines) is 2. The second-order valence-corrected chi connectivity index (χ2v) is 16.9. The normalized spacial score (nSPS) is 27.2. The molecule has 0 bridgehead atoms. The smallest absolute Gasteiger partial charge is 0.352 e. The number of hydrogen-bond acceptors (Lipinski definition) is 13. The molecule has 7 N–H and O–H groups in total. The van der Waals surface area contributed by atoms with Crippen LogP contribution in [-0.4, -0.2) is 137 Å². The predicted molar refractivity (Wildman–Crippen MR) is 189 cm³/mol. The number of carbonyl (C=O) groups excluding carboxylic acids is 3. The molecule has 17 nitrogen and oxygen atoms in total. The Morgan fingerprint density at radius 1 is 1.17 bits per heavy atom. The first-order valence-corrected chi connectivity index (χ1v) is 18.3. The summed E-state index contributed by atoms with van der Waals surface area (Å²) < 4.78 is 0.496. The van der Waals surface area contributed by atoms with Crippen molar-refractivity contribution in [3.05, 3.63) is 45.1 Å². The van der Waals surface area contributed by atoms with Crippen LogP contribution in [0.2, 0.25) is 5.02 Å². The molecule has 3 fully saturated rings. The Hall–Kier alpha value is -4.59. The molecule has 3 amide bonds. The van der Waals surface area contributed by atoms with Crippen LogP contribution in [0, 0.1) is 11.8 Å². The van der Waals surface area contributed by atoms with Crippen molar-refractivity contribution in [2.45, 2.75) is 43.0 Å². The van der Waals surface area contributed by atoms with E-state index in [1.54, 1.807) is 4.90 Å². The number of quaternary nitrogens is 1. The molecule has 0 saturated carbocycles. The van der Waals surface area contributed by atoms with Crippen LogP contribution in [0.15, 0.2) is 33.9 Å². The number of benzene rings is 1. The van der Waals surface area contributed by atoms with Crippen LogP contribution in [0.25, 0.3) is 0 Å². The van der Waals surface area contributed by atoms with E-state index < -0.39 is 58.0 Å². The number of nitrogens with one attached hydrogen (secondary N) is 1. The lowest BCUT2D eigenvalue weighted by Gasteiger charge is -2.51. The highest BCUT2D eigenvalue weighted by molar-refractivity contribution is 8.00. The summed E-state index contributed by atoms with van der Waals surface area (Å²) in [5.74, 6) is -5.16. The third kappa shape index (κ3) is 6.72. The highest BCUT2D eigenvalue weighted by atomic mass is 35.5. The number of aromatic nitrogens is 1. The van der Waals surface area contributed by atoms with Gasteiger partial charge in [0.2, 0.25) is 5.60 Å². The van der Waals surface area contributed by atoms with Crippen molar-refractivity contribution in [2.75, 3.05) is 45.5 Å². The summed E-state index contributed by atoms with van der Waals surface area (Å²) in [6.45, 7) is 6.92. The number of thiazole rings is 1. The fourth-order valence-electron chi connectivity index (χ4n) is 7.22. The lowest BCUT2D eigenvalue weighted by atomic mass is 9.99. The molecule has 5 heterocycles. The Morgan fingerprint density at radius 2 is 1.83 bits per heavy atom. The van der Waals surface area contributed by atoms with Crippen molar-refractivity contribution in [1.29, 1.82) is 0 Å². The first-order chi connectivity index (χ1) is 24.3. The van der Waals surface area contributed by atoms with Crippen molar-refractivity contribution < 1.29 is 53.7 Å². The number of fused-ring (bicyclic) bond motifs is 2. The third-order valence-corrected chi connectivity index (χ3v) is 12.2. The van der Waals surface area contributed by atoms with Gasteiger partial charge in [-0.3, -0.25) is 19.3 Å². The van der Waals surface area contributed by atoms with Gasteiger partial charge in [-0.25, -0.2) is 14.6 Å². The van der Waals surface area contributed by atoms with Crippen molar-refractivity contribution in [1.82, 2.24) is 20.1 Å². The lowest BCUT2D eigenvalue weighted by Crippen LogP contribution is -2.71. The molecule has 20 heteroatoms. The number of carbonyl (C=O) groups is 5. The number of phenols is 2. The summed E-state index contributed by atoms with van der Waals surface area (Å²) in [4.78, 5) is 76.6. The molecule has 6 rings (SSSR count). The van der Waals surface area contributed by atoms with Crippen LogP contribution >= 0.6 is 34.7 Å². The number of likely N-dealkylation sites (N-methyl/N-ethyl adjacent to an activating group) is 1. The molecule has 0 aliphatic carbocycles. The summed E-state index contributed by atoms with van der Waals surface area (Å²) in [7, 11) is 2.03. The van der Waals surface area contributed by atoms with E-state index in [1.807, 2.05) is 14.0 Å². The molecule has 278 valence electrons. The number of oxime groups is 1. The zero-order valence-electron chi connectivity index (χ0n) is 28.4. The zero-order chi connectivity index (χ0) is 38.0. The molecular formula is C32H37ClN7O10S2+.